The number of amides is 1. The summed E-state index contributed by atoms with van der Waals surface area (Å²) in [4.78, 5) is 17.1. The van der Waals surface area contributed by atoms with Gasteiger partial charge in [0.05, 0.1) is 17.1 Å². The van der Waals surface area contributed by atoms with E-state index in [0.29, 0.717) is 18.3 Å². The molecule has 1 amide bonds. The molecule has 0 spiro atoms. The van der Waals surface area contributed by atoms with Crippen LogP contribution < -0.4 is 5.73 Å². The van der Waals surface area contributed by atoms with Crippen molar-refractivity contribution in [2.45, 2.75) is 45.7 Å². The van der Waals surface area contributed by atoms with Gasteiger partial charge in [0.15, 0.2) is 0 Å². The van der Waals surface area contributed by atoms with E-state index in [4.69, 9.17) is 5.73 Å². The maximum atomic E-state index is 12.6. The van der Waals surface area contributed by atoms with Crippen LogP contribution >= 0.6 is 0 Å². The topological polar surface area (TPSA) is 67.4 Å². The number of carbonyl (C=O) groups excluding carboxylic acids is 1. The van der Waals surface area contributed by atoms with Crippen LogP contribution in [0.4, 0.5) is 5.69 Å². The molecule has 6 nitrogen and oxygen atoms in total. The highest BCUT2D eigenvalue weighted by Crippen LogP contribution is 2.22. The molecule has 1 atom stereocenters. The van der Waals surface area contributed by atoms with Crippen LogP contribution in [0.1, 0.15) is 30.7 Å². The quantitative estimate of drug-likeness (QED) is 0.874. The molecule has 3 rings (SSSR count). The van der Waals surface area contributed by atoms with Gasteiger partial charge in [-0.3, -0.25) is 14.4 Å². The normalized spacial score (nSPS) is 23.1. The lowest BCUT2D eigenvalue weighted by molar-refractivity contribution is -0.132. The summed E-state index contributed by atoms with van der Waals surface area (Å²) in [6.45, 7) is 8.15. The lowest BCUT2D eigenvalue weighted by Gasteiger charge is -2.25. The van der Waals surface area contributed by atoms with Crippen LogP contribution in [0, 0.1) is 13.8 Å². The predicted octanol–water partition coefficient (Wildman–Crippen LogP) is 0.779. The molecule has 21 heavy (non-hydrogen) atoms. The van der Waals surface area contributed by atoms with Gasteiger partial charge in [0.2, 0.25) is 5.91 Å². The first-order valence-corrected chi connectivity index (χ1v) is 7.87. The molecule has 2 aliphatic heterocycles. The number of hydrogen-bond acceptors (Lipinski definition) is 4. The molecule has 6 heteroatoms. The minimum Gasteiger partial charge on any atom is -0.396 e. The van der Waals surface area contributed by atoms with Gasteiger partial charge < -0.3 is 10.6 Å². The van der Waals surface area contributed by atoms with Gasteiger partial charge >= 0.3 is 0 Å². The summed E-state index contributed by atoms with van der Waals surface area (Å²) < 4.78 is 1.74. The number of hydrogen-bond donors (Lipinski definition) is 1. The summed E-state index contributed by atoms with van der Waals surface area (Å²) in [6.07, 6.45) is 3.55. The summed E-state index contributed by atoms with van der Waals surface area (Å²) in [6, 6.07) is 0.557. The van der Waals surface area contributed by atoms with E-state index in [2.05, 4.69) is 10.00 Å². The molecule has 3 heterocycles. The Morgan fingerprint density at radius 1 is 1.29 bits per heavy atom. The molecule has 1 aromatic rings. The highest BCUT2D eigenvalue weighted by atomic mass is 16.2. The maximum Gasteiger partial charge on any atom is 0.244 e. The Morgan fingerprint density at radius 2 is 2.05 bits per heavy atom. The van der Waals surface area contributed by atoms with Crippen LogP contribution in [0.15, 0.2) is 0 Å². The van der Waals surface area contributed by atoms with Crippen molar-refractivity contribution in [2.24, 2.45) is 0 Å². The number of fused-ring (bicyclic) bond motifs is 1. The molecule has 0 aliphatic carbocycles. The molecule has 0 saturated carbocycles. The number of aryl methyl sites for hydroxylation is 1. The van der Waals surface area contributed by atoms with E-state index >= 15 is 0 Å². The smallest absolute Gasteiger partial charge is 0.244 e. The first-order chi connectivity index (χ1) is 10.1. The fraction of sp³-hybridized carbons (Fsp3) is 0.733. The van der Waals surface area contributed by atoms with Crippen LogP contribution in [0.3, 0.4) is 0 Å². The number of carbonyl (C=O) groups is 1. The predicted molar refractivity (Wildman–Crippen MR) is 81.9 cm³/mol. The number of aromatic nitrogens is 2. The Hall–Kier alpha value is -1.56. The molecule has 0 bridgehead atoms. The molecule has 1 aromatic heterocycles. The molecule has 116 valence electrons. The lowest BCUT2D eigenvalue weighted by atomic mass is 10.2. The minimum atomic E-state index is 0.161. The van der Waals surface area contributed by atoms with Crippen LogP contribution in [0.5, 0.6) is 0 Å². The molecular weight excluding hydrogens is 266 g/mol. The van der Waals surface area contributed by atoms with Crippen LogP contribution in [0.25, 0.3) is 0 Å². The Kier molecular flexibility index (Phi) is 3.89. The summed E-state index contributed by atoms with van der Waals surface area (Å²) >= 11 is 0. The highest BCUT2D eigenvalue weighted by molar-refractivity contribution is 5.76. The van der Waals surface area contributed by atoms with Gasteiger partial charge in [-0.1, -0.05) is 0 Å². The Balaban J connectivity index is 1.68. The Labute approximate surface area is 125 Å². The van der Waals surface area contributed by atoms with Crippen LogP contribution in [-0.2, 0) is 11.3 Å². The molecular formula is C15H25N5O. The van der Waals surface area contributed by atoms with Crippen molar-refractivity contribution in [3.05, 3.63) is 11.4 Å². The van der Waals surface area contributed by atoms with Crippen molar-refractivity contribution in [3.8, 4) is 0 Å². The number of anilines is 1. The van der Waals surface area contributed by atoms with Crippen molar-refractivity contribution in [3.63, 3.8) is 0 Å². The molecule has 0 radical (unpaired) electrons. The molecule has 2 N–H and O–H groups in total. The van der Waals surface area contributed by atoms with Crippen molar-refractivity contribution in [1.29, 1.82) is 0 Å². The first-order valence-electron chi connectivity index (χ1n) is 7.87. The zero-order valence-electron chi connectivity index (χ0n) is 13.0. The average Bonchev–Trinajstić information content (AvgIpc) is 2.92. The van der Waals surface area contributed by atoms with Gasteiger partial charge in [-0.25, -0.2) is 0 Å². The zero-order valence-corrected chi connectivity index (χ0v) is 13.0. The van der Waals surface area contributed by atoms with Gasteiger partial charge in [0.1, 0.15) is 6.54 Å². The second-order valence-electron chi connectivity index (χ2n) is 6.27. The van der Waals surface area contributed by atoms with Crippen molar-refractivity contribution in [1.82, 2.24) is 19.6 Å². The van der Waals surface area contributed by atoms with E-state index in [1.807, 2.05) is 18.7 Å². The maximum absolute atomic E-state index is 12.6. The monoisotopic (exact) mass is 291 g/mol. The lowest BCUT2D eigenvalue weighted by Crippen LogP contribution is -2.41. The summed E-state index contributed by atoms with van der Waals surface area (Å²) in [5.41, 5.74) is 8.32. The van der Waals surface area contributed by atoms with E-state index in [0.717, 1.165) is 37.4 Å². The number of rotatable bonds is 2. The molecule has 2 fully saturated rings. The first kappa shape index (κ1) is 14.4. The fourth-order valence-corrected chi connectivity index (χ4v) is 3.53. The third-order valence-corrected chi connectivity index (χ3v) is 4.88. The van der Waals surface area contributed by atoms with Gasteiger partial charge in [0.25, 0.3) is 0 Å². The number of nitrogens with zero attached hydrogens (tertiary/aromatic N) is 4. The minimum absolute atomic E-state index is 0.161. The largest absolute Gasteiger partial charge is 0.396 e. The second-order valence-corrected chi connectivity index (χ2v) is 6.27. The second kappa shape index (κ2) is 5.67. The van der Waals surface area contributed by atoms with E-state index in [1.54, 1.807) is 4.68 Å². The third-order valence-electron chi connectivity index (χ3n) is 4.88. The number of nitrogens with two attached hydrogens (primary N) is 1. The number of nitrogen functional groups attached to an aromatic ring is 1. The fourth-order valence-electron chi connectivity index (χ4n) is 3.53. The standard InChI is InChI=1S/C15H25N5O/c1-11-15(16)12(2)20(17-11)10-14(21)19-8-4-7-18-6-3-5-13(18)9-19/h13H,3-10,16H2,1-2H3. The molecule has 2 saturated heterocycles. The van der Waals surface area contributed by atoms with Gasteiger partial charge in [-0.2, -0.15) is 5.10 Å². The van der Waals surface area contributed by atoms with Gasteiger partial charge in [-0.05, 0) is 39.7 Å². The Bertz CT molecular complexity index is 538. The summed E-state index contributed by atoms with van der Waals surface area (Å²) in [7, 11) is 0. The summed E-state index contributed by atoms with van der Waals surface area (Å²) in [5, 5.41) is 4.37. The van der Waals surface area contributed by atoms with E-state index < -0.39 is 0 Å². The molecule has 2 aliphatic rings. The SMILES string of the molecule is Cc1nn(CC(=O)N2CCCN3CCCC3C2)c(C)c1N. The zero-order chi connectivity index (χ0) is 15.0. The molecule has 0 aromatic carbocycles. The van der Waals surface area contributed by atoms with Gasteiger partial charge in [0, 0.05) is 25.7 Å². The van der Waals surface area contributed by atoms with Crippen molar-refractivity contribution in [2.75, 3.05) is 31.9 Å². The third kappa shape index (κ3) is 2.77. The van der Waals surface area contributed by atoms with Crippen LogP contribution in [-0.4, -0.2) is 57.7 Å². The van der Waals surface area contributed by atoms with Gasteiger partial charge in [-0.15, -0.1) is 0 Å². The summed E-state index contributed by atoms with van der Waals surface area (Å²) in [5.74, 6) is 0.161. The Morgan fingerprint density at radius 3 is 2.76 bits per heavy atom. The van der Waals surface area contributed by atoms with E-state index in [9.17, 15) is 4.79 Å². The van der Waals surface area contributed by atoms with Crippen LogP contribution in [0.2, 0.25) is 0 Å². The van der Waals surface area contributed by atoms with Crippen molar-refractivity contribution < 1.29 is 4.79 Å². The molecule has 1 unspecified atom stereocenters. The van der Waals surface area contributed by atoms with Crippen molar-refractivity contribution >= 4 is 11.6 Å². The van der Waals surface area contributed by atoms with E-state index in [-0.39, 0.29) is 5.91 Å². The highest BCUT2D eigenvalue weighted by Gasteiger charge is 2.30. The average molecular weight is 291 g/mol. The van der Waals surface area contributed by atoms with E-state index in [1.165, 1.54) is 19.4 Å².